The van der Waals surface area contributed by atoms with Crippen LogP contribution in [-0.4, -0.2) is 9.55 Å². The maximum absolute atomic E-state index is 13.9. The number of halogens is 3. The molecular weight excluding hydrogens is 402 g/mol. The lowest BCUT2D eigenvalue weighted by Gasteiger charge is -2.11. The summed E-state index contributed by atoms with van der Waals surface area (Å²) >= 11 is 8.50. The maximum Gasteiger partial charge on any atom is 0.128 e. The van der Waals surface area contributed by atoms with Gasteiger partial charge in [0.25, 0.3) is 0 Å². The van der Waals surface area contributed by atoms with Gasteiger partial charge in [0.2, 0.25) is 0 Å². The van der Waals surface area contributed by atoms with Crippen LogP contribution in [0.1, 0.15) is 23.7 Å². The molecule has 1 atom stereocenters. The Labute approximate surface area is 141 Å². The van der Waals surface area contributed by atoms with Gasteiger partial charge in [-0.3, -0.25) is 0 Å². The average molecular weight is 415 g/mol. The minimum atomic E-state index is -0.234. The second-order valence-electron chi connectivity index (χ2n) is 4.90. The summed E-state index contributed by atoms with van der Waals surface area (Å²) in [5, 5.41) is -0.234. The summed E-state index contributed by atoms with van der Waals surface area (Å²) in [7, 11) is 0. The summed E-state index contributed by atoms with van der Waals surface area (Å²) in [5.41, 5.74) is 2.50. The van der Waals surface area contributed by atoms with Crippen LogP contribution < -0.4 is 0 Å². The molecule has 1 heterocycles. The third-order valence-corrected chi connectivity index (χ3v) is 4.25. The summed E-state index contributed by atoms with van der Waals surface area (Å²) in [6.45, 7) is 2.31. The quantitative estimate of drug-likeness (QED) is 0.429. The Balaban J connectivity index is 2.16. The molecule has 21 heavy (non-hydrogen) atoms. The molecule has 5 heteroatoms. The minimum absolute atomic E-state index is 0.210. The van der Waals surface area contributed by atoms with Gasteiger partial charge in [0.1, 0.15) is 11.6 Å². The number of imidazole rings is 1. The second-order valence-corrected chi connectivity index (χ2v) is 6.80. The average Bonchev–Trinajstić information content (AvgIpc) is 2.79. The topological polar surface area (TPSA) is 17.8 Å². The summed E-state index contributed by atoms with van der Waals surface area (Å²) in [4.78, 5) is 4.60. The van der Waals surface area contributed by atoms with E-state index in [2.05, 4.69) is 27.6 Å². The smallest absolute Gasteiger partial charge is 0.128 e. The fourth-order valence-electron chi connectivity index (χ4n) is 2.39. The van der Waals surface area contributed by atoms with Crippen LogP contribution in [-0.2, 0) is 6.54 Å². The normalized spacial score (nSPS) is 12.8. The lowest BCUT2D eigenvalue weighted by atomic mass is 10.2. The molecule has 0 radical (unpaired) electrons. The number of rotatable bonds is 3. The third-order valence-electron chi connectivity index (χ3n) is 3.38. The molecule has 0 bridgehead atoms. The van der Waals surface area contributed by atoms with Crippen LogP contribution >= 0.6 is 34.2 Å². The van der Waals surface area contributed by atoms with Gasteiger partial charge in [-0.05, 0) is 53.8 Å². The van der Waals surface area contributed by atoms with Gasteiger partial charge in [0.15, 0.2) is 0 Å². The highest BCUT2D eigenvalue weighted by atomic mass is 127. The fourth-order valence-corrected chi connectivity index (χ4v) is 3.03. The number of alkyl halides is 1. The van der Waals surface area contributed by atoms with Crippen LogP contribution in [0.25, 0.3) is 11.0 Å². The molecule has 1 aromatic heterocycles. The van der Waals surface area contributed by atoms with Gasteiger partial charge in [-0.2, -0.15) is 0 Å². The van der Waals surface area contributed by atoms with Crippen molar-refractivity contribution in [2.24, 2.45) is 0 Å². The number of fused-ring (bicyclic) bond motifs is 1. The van der Waals surface area contributed by atoms with Gasteiger partial charge in [-0.25, -0.2) is 9.37 Å². The summed E-state index contributed by atoms with van der Waals surface area (Å²) in [6, 6.07) is 12.8. The van der Waals surface area contributed by atoms with Gasteiger partial charge < -0.3 is 4.57 Å². The van der Waals surface area contributed by atoms with E-state index in [1.165, 1.54) is 6.07 Å². The van der Waals surface area contributed by atoms with Crippen LogP contribution in [0, 0.1) is 9.39 Å². The predicted octanol–water partition coefficient (Wildman–Crippen LogP) is 5.13. The number of nitrogens with zero attached hydrogens (tertiary/aromatic N) is 2. The summed E-state index contributed by atoms with van der Waals surface area (Å²) in [6.07, 6.45) is 0. The lowest BCUT2D eigenvalue weighted by molar-refractivity contribution is 0.597. The van der Waals surface area contributed by atoms with Crippen molar-refractivity contribution < 1.29 is 4.39 Å². The molecule has 1 unspecified atom stereocenters. The first-order valence-electron chi connectivity index (χ1n) is 6.59. The van der Waals surface area contributed by atoms with Crippen molar-refractivity contribution in [2.75, 3.05) is 0 Å². The van der Waals surface area contributed by atoms with Crippen LogP contribution in [0.5, 0.6) is 0 Å². The lowest BCUT2D eigenvalue weighted by Crippen LogP contribution is -2.07. The Morgan fingerprint density at radius 3 is 2.76 bits per heavy atom. The van der Waals surface area contributed by atoms with Crippen molar-refractivity contribution >= 4 is 45.2 Å². The van der Waals surface area contributed by atoms with E-state index in [0.29, 0.717) is 12.1 Å². The third kappa shape index (κ3) is 2.92. The Morgan fingerprint density at radius 1 is 1.29 bits per heavy atom. The van der Waals surface area contributed by atoms with Gasteiger partial charge in [0.05, 0.1) is 23.0 Å². The molecule has 3 rings (SSSR count). The molecule has 0 fully saturated rings. The molecule has 0 aliphatic heterocycles. The Hall–Kier alpha value is -1.14. The fraction of sp³-hybridized carbons (Fsp3) is 0.188. The van der Waals surface area contributed by atoms with Crippen molar-refractivity contribution in [1.29, 1.82) is 0 Å². The highest BCUT2D eigenvalue weighted by Crippen LogP contribution is 2.27. The number of aromatic nitrogens is 2. The van der Waals surface area contributed by atoms with Gasteiger partial charge in [-0.1, -0.05) is 18.2 Å². The van der Waals surface area contributed by atoms with E-state index < -0.39 is 0 Å². The van der Waals surface area contributed by atoms with Crippen LogP contribution in [0.15, 0.2) is 42.5 Å². The molecule has 108 valence electrons. The van der Waals surface area contributed by atoms with E-state index >= 15 is 0 Å². The zero-order valence-electron chi connectivity index (χ0n) is 11.4. The number of hydrogen-bond donors (Lipinski definition) is 0. The highest BCUT2D eigenvalue weighted by Gasteiger charge is 2.16. The molecule has 0 amide bonds. The molecule has 2 aromatic carbocycles. The molecule has 3 aromatic rings. The van der Waals surface area contributed by atoms with E-state index in [-0.39, 0.29) is 11.2 Å². The summed E-state index contributed by atoms with van der Waals surface area (Å²) < 4.78 is 17.0. The van der Waals surface area contributed by atoms with Crippen molar-refractivity contribution in [3.63, 3.8) is 0 Å². The SMILES string of the molecule is CC(Cl)c1nc2cc(I)ccc2n1Cc1ccccc1F. The zero-order chi connectivity index (χ0) is 15.0. The van der Waals surface area contributed by atoms with Crippen LogP contribution in [0.3, 0.4) is 0 Å². The Bertz CT molecular complexity index is 798. The molecular formula is C16H13ClFIN2. The number of hydrogen-bond acceptors (Lipinski definition) is 1. The van der Waals surface area contributed by atoms with Crippen molar-refractivity contribution in [1.82, 2.24) is 9.55 Å². The molecule has 0 aliphatic carbocycles. The molecule has 0 saturated carbocycles. The molecule has 0 N–H and O–H groups in total. The monoisotopic (exact) mass is 414 g/mol. The van der Waals surface area contributed by atoms with Crippen molar-refractivity contribution in [3.8, 4) is 0 Å². The van der Waals surface area contributed by atoms with E-state index in [9.17, 15) is 4.39 Å². The van der Waals surface area contributed by atoms with Crippen molar-refractivity contribution in [2.45, 2.75) is 18.8 Å². The van der Waals surface area contributed by atoms with Gasteiger partial charge in [0, 0.05) is 9.13 Å². The first-order chi connectivity index (χ1) is 10.1. The highest BCUT2D eigenvalue weighted by molar-refractivity contribution is 14.1. The largest absolute Gasteiger partial charge is 0.322 e. The standard InChI is InChI=1S/C16H13ClFIN2/c1-10(17)16-20-14-8-12(19)6-7-15(14)21(16)9-11-4-2-3-5-13(11)18/h2-8,10H,9H2,1H3. The van der Waals surface area contributed by atoms with Crippen LogP contribution in [0.2, 0.25) is 0 Å². The first-order valence-corrected chi connectivity index (χ1v) is 8.11. The molecule has 0 aliphatic rings. The van der Waals surface area contributed by atoms with E-state index in [1.54, 1.807) is 12.1 Å². The predicted molar refractivity (Wildman–Crippen MR) is 92.2 cm³/mol. The summed E-state index contributed by atoms with van der Waals surface area (Å²) in [5.74, 6) is 0.551. The second kappa shape index (κ2) is 5.93. The van der Waals surface area contributed by atoms with E-state index in [4.69, 9.17) is 11.6 Å². The van der Waals surface area contributed by atoms with Gasteiger partial charge >= 0.3 is 0 Å². The molecule has 0 spiro atoms. The molecule has 0 saturated heterocycles. The first kappa shape index (κ1) is 14.8. The van der Waals surface area contributed by atoms with E-state index in [1.807, 2.05) is 35.8 Å². The maximum atomic E-state index is 13.9. The zero-order valence-corrected chi connectivity index (χ0v) is 14.3. The van der Waals surface area contributed by atoms with Crippen molar-refractivity contribution in [3.05, 3.63) is 63.2 Å². The molecule has 2 nitrogen and oxygen atoms in total. The Morgan fingerprint density at radius 2 is 2.05 bits per heavy atom. The Kier molecular flexibility index (Phi) is 4.17. The minimum Gasteiger partial charge on any atom is -0.322 e. The van der Waals surface area contributed by atoms with Gasteiger partial charge in [-0.15, -0.1) is 11.6 Å². The van der Waals surface area contributed by atoms with Crippen LogP contribution in [0.4, 0.5) is 4.39 Å². The number of benzene rings is 2. The van der Waals surface area contributed by atoms with E-state index in [0.717, 1.165) is 20.4 Å².